The van der Waals surface area contributed by atoms with Crippen LogP contribution in [0.15, 0.2) is 0 Å². The van der Waals surface area contributed by atoms with Crippen molar-refractivity contribution in [3.63, 3.8) is 0 Å². The van der Waals surface area contributed by atoms with E-state index >= 15 is 0 Å². The zero-order chi connectivity index (χ0) is 22.2. The van der Waals surface area contributed by atoms with Crippen LogP contribution >= 0.6 is 0 Å². The van der Waals surface area contributed by atoms with Crippen molar-refractivity contribution in [3.8, 4) is 0 Å². The summed E-state index contributed by atoms with van der Waals surface area (Å²) >= 11 is 0. The second-order valence-electron chi connectivity index (χ2n) is 7.98. The van der Waals surface area contributed by atoms with Crippen LogP contribution in [0.1, 0.15) is 123 Å². The molecule has 0 amide bonds. The zero-order valence-corrected chi connectivity index (χ0v) is 19.9. The number of aliphatic hydroxyl groups excluding tert-OH is 1. The quantitative estimate of drug-likeness (QED) is 0.164. The van der Waals surface area contributed by atoms with Crippen molar-refractivity contribution >= 4 is 10.4 Å². The average molecular weight is 440 g/mol. The number of aliphatic hydroxyl groups is 1. The van der Waals surface area contributed by atoms with Gasteiger partial charge in [0.2, 0.25) is 0 Å². The highest BCUT2D eigenvalue weighted by molar-refractivity contribution is 7.80. The van der Waals surface area contributed by atoms with Gasteiger partial charge in [0.05, 0.1) is 12.7 Å². The largest absolute Gasteiger partial charge is 0.397 e. The maximum Gasteiger partial charge on any atom is 0.397 e. The Morgan fingerprint density at radius 1 is 0.759 bits per heavy atom. The first-order chi connectivity index (χ1) is 13.8. The highest BCUT2D eigenvalue weighted by Crippen LogP contribution is 2.13. The van der Waals surface area contributed by atoms with Crippen molar-refractivity contribution in [2.75, 3.05) is 13.2 Å². The van der Waals surface area contributed by atoms with Gasteiger partial charge in [0.15, 0.2) is 0 Å². The van der Waals surface area contributed by atoms with E-state index in [0.717, 1.165) is 38.6 Å². The molecule has 0 bridgehead atoms. The van der Waals surface area contributed by atoms with Crippen LogP contribution < -0.4 is 5.73 Å². The van der Waals surface area contributed by atoms with Gasteiger partial charge in [-0.2, -0.15) is 8.42 Å². The van der Waals surface area contributed by atoms with Gasteiger partial charge in [-0.25, -0.2) is 4.18 Å². The minimum atomic E-state index is -4.24. The molecule has 0 fully saturated rings. The minimum absolute atomic E-state index is 0.0941. The molecule has 0 aliphatic heterocycles. The third-order valence-corrected chi connectivity index (χ3v) is 5.27. The Kier molecular flexibility index (Phi) is 25.7. The monoisotopic (exact) mass is 439 g/mol. The molecular weight excluding hydrogens is 390 g/mol. The van der Waals surface area contributed by atoms with Gasteiger partial charge in [-0.1, -0.05) is 90.4 Å². The number of rotatable bonds is 20. The second-order valence-corrected chi connectivity index (χ2v) is 9.07. The molecule has 7 heteroatoms. The van der Waals surface area contributed by atoms with Crippen LogP contribution in [-0.2, 0) is 14.6 Å². The van der Waals surface area contributed by atoms with Gasteiger partial charge < -0.3 is 10.8 Å². The topological polar surface area (TPSA) is 110 Å². The van der Waals surface area contributed by atoms with Crippen molar-refractivity contribution in [2.45, 2.75) is 129 Å². The molecule has 0 aromatic heterocycles. The molecule has 0 saturated carbocycles. The fourth-order valence-corrected chi connectivity index (χ4v) is 3.37. The highest BCUT2D eigenvalue weighted by Gasteiger charge is 2.02. The summed E-state index contributed by atoms with van der Waals surface area (Å²) in [5, 5.41) is 8.74. The van der Waals surface area contributed by atoms with Crippen LogP contribution in [0.3, 0.4) is 0 Å². The van der Waals surface area contributed by atoms with Gasteiger partial charge in [-0.3, -0.25) is 4.55 Å². The minimum Gasteiger partial charge on any atom is -0.393 e. The predicted octanol–water partition coefficient (Wildman–Crippen LogP) is 5.78. The van der Waals surface area contributed by atoms with Crippen molar-refractivity contribution in [3.05, 3.63) is 0 Å². The van der Waals surface area contributed by atoms with Crippen LogP contribution in [0, 0.1) is 0 Å². The Morgan fingerprint density at radius 2 is 1.17 bits per heavy atom. The van der Waals surface area contributed by atoms with E-state index in [9.17, 15) is 8.42 Å². The Bertz CT molecular complexity index is 402. The average Bonchev–Trinajstić information content (AvgIpc) is 2.64. The van der Waals surface area contributed by atoms with Crippen molar-refractivity contribution in [1.82, 2.24) is 0 Å². The summed E-state index contributed by atoms with van der Waals surface area (Å²) in [7, 11) is -4.24. The fourth-order valence-electron chi connectivity index (χ4n) is 3.04. The number of nitrogens with two attached hydrogens (primary N) is 1. The van der Waals surface area contributed by atoms with Gasteiger partial charge in [0.25, 0.3) is 0 Å². The molecule has 0 heterocycles. The van der Waals surface area contributed by atoms with Crippen molar-refractivity contribution in [2.24, 2.45) is 5.73 Å². The molecule has 0 radical (unpaired) electrons. The molecule has 6 nitrogen and oxygen atoms in total. The first kappa shape index (κ1) is 31.0. The Balaban J connectivity index is 0. The van der Waals surface area contributed by atoms with Gasteiger partial charge in [-0.15, -0.1) is 0 Å². The lowest BCUT2D eigenvalue weighted by atomic mass is 10.0. The summed E-state index contributed by atoms with van der Waals surface area (Å²) in [6.07, 6.45) is 20.4. The van der Waals surface area contributed by atoms with Crippen molar-refractivity contribution < 1.29 is 22.3 Å². The lowest BCUT2D eigenvalue weighted by Crippen LogP contribution is -2.04. The first-order valence-electron chi connectivity index (χ1n) is 11.8. The summed E-state index contributed by atoms with van der Waals surface area (Å²) in [6.45, 7) is 4.89. The molecule has 178 valence electrons. The fraction of sp³-hybridized carbons (Fsp3) is 1.00. The number of hydrogen-bond donors (Lipinski definition) is 3. The SMILES string of the molecule is CC(O)CCCCN.CCCCCCCCCCCCCCCCOS(=O)(=O)O. The number of unbranched alkanes of at least 4 members (excludes halogenated alkanes) is 14. The van der Waals surface area contributed by atoms with Crippen LogP contribution in [0.5, 0.6) is 0 Å². The van der Waals surface area contributed by atoms with E-state index in [0.29, 0.717) is 6.42 Å². The smallest absolute Gasteiger partial charge is 0.393 e. The van der Waals surface area contributed by atoms with Crippen molar-refractivity contribution in [1.29, 1.82) is 0 Å². The normalized spacial score (nSPS) is 12.4. The summed E-state index contributed by atoms with van der Waals surface area (Å²) in [5.74, 6) is 0. The Labute approximate surface area is 180 Å². The Morgan fingerprint density at radius 3 is 1.52 bits per heavy atom. The molecule has 4 N–H and O–H groups in total. The van der Waals surface area contributed by atoms with Gasteiger partial charge in [-0.05, 0) is 39.2 Å². The van der Waals surface area contributed by atoms with Gasteiger partial charge in [0, 0.05) is 0 Å². The van der Waals surface area contributed by atoms with Crippen LogP contribution in [0.2, 0.25) is 0 Å². The van der Waals surface area contributed by atoms with Gasteiger partial charge in [0.1, 0.15) is 0 Å². The van der Waals surface area contributed by atoms with E-state index in [1.165, 1.54) is 70.6 Å². The predicted molar refractivity (Wildman–Crippen MR) is 122 cm³/mol. The zero-order valence-electron chi connectivity index (χ0n) is 19.1. The lowest BCUT2D eigenvalue weighted by Gasteiger charge is -2.03. The molecule has 0 aliphatic carbocycles. The second kappa shape index (κ2) is 24.1. The lowest BCUT2D eigenvalue weighted by molar-refractivity contribution is 0.181. The summed E-state index contributed by atoms with van der Waals surface area (Å²) < 4.78 is 33.2. The third kappa shape index (κ3) is 35.6. The standard InChI is InChI=1S/C16H34O4S.C6H15NO/c1-2-3-4-5-6-7-8-9-10-11-12-13-14-15-16-20-21(17,18)19;1-6(8)4-2-3-5-7/h2-16H2,1H3,(H,17,18,19);6,8H,2-5,7H2,1H3. The maximum atomic E-state index is 10.3. The summed E-state index contributed by atoms with van der Waals surface area (Å²) in [5.41, 5.74) is 5.23. The highest BCUT2D eigenvalue weighted by atomic mass is 32.3. The van der Waals surface area contributed by atoms with Crippen LogP contribution in [0.25, 0.3) is 0 Å². The summed E-state index contributed by atoms with van der Waals surface area (Å²) in [4.78, 5) is 0. The maximum absolute atomic E-state index is 10.3. The number of hydrogen-bond acceptors (Lipinski definition) is 5. The molecule has 0 spiro atoms. The van der Waals surface area contributed by atoms with E-state index in [4.69, 9.17) is 15.4 Å². The van der Waals surface area contributed by atoms with Crippen LogP contribution in [-0.4, -0.2) is 37.3 Å². The van der Waals surface area contributed by atoms with E-state index in [1.54, 1.807) is 6.92 Å². The van der Waals surface area contributed by atoms with Gasteiger partial charge >= 0.3 is 10.4 Å². The molecular formula is C22H49NO5S. The van der Waals surface area contributed by atoms with E-state index < -0.39 is 10.4 Å². The van der Waals surface area contributed by atoms with E-state index in [2.05, 4.69) is 11.1 Å². The Hall–Kier alpha value is -0.210. The van der Waals surface area contributed by atoms with E-state index in [-0.39, 0.29) is 12.7 Å². The molecule has 1 atom stereocenters. The molecule has 0 aromatic carbocycles. The molecule has 0 aromatic rings. The summed E-state index contributed by atoms with van der Waals surface area (Å²) in [6, 6.07) is 0. The molecule has 0 rings (SSSR count). The molecule has 1 unspecified atom stereocenters. The molecule has 0 aliphatic rings. The van der Waals surface area contributed by atoms with Crippen LogP contribution in [0.4, 0.5) is 0 Å². The molecule has 0 saturated heterocycles. The van der Waals surface area contributed by atoms with E-state index in [1.807, 2.05) is 0 Å². The molecule has 29 heavy (non-hydrogen) atoms. The third-order valence-electron chi connectivity index (χ3n) is 4.81. The first-order valence-corrected chi connectivity index (χ1v) is 13.2.